The molecule has 0 aliphatic rings. The van der Waals surface area contributed by atoms with E-state index in [1.54, 1.807) is 16.8 Å². The normalized spacial score (nSPS) is 10.9. The number of aliphatic carboxylic acids is 1. The summed E-state index contributed by atoms with van der Waals surface area (Å²) in [6, 6.07) is 9.64. The molecule has 0 amide bonds. The van der Waals surface area contributed by atoms with Gasteiger partial charge in [-0.1, -0.05) is 12.1 Å². The Bertz CT molecular complexity index is 929. The molecule has 0 fully saturated rings. The maximum atomic E-state index is 14.3. The summed E-state index contributed by atoms with van der Waals surface area (Å²) >= 11 is 0. The molecule has 1 aromatic heterocycles. The van der Waals surface area contributed by atoms with Crippen molar-refractivity contribution < 1.29 is 28.2 Å². The fraction of sp³-hybridized carbons (Fsp3) is 0.211. The van der Waals surface area contributed by atoms with Gasteiger partial charge in [-0.25, -0.2) is 8.78 Å². The number of nitrogens with zero attached hydrogens (tertiary/aromatic N) is 1. The lowest BCUT2D eigenvalue weighted by Gasteiger charge is -2.12. The van der Waals surface area contributed by atoms with Crippen LogP contribution in [0.4, 0.5) is 8.78 Å². The first-order valence-electron chi connectivity index (χ1n) is 7.99. The molecule has 0 saturated carbocycles. The number of hydrogen-bond acceptors (Lipinski definition) is 3. The predicted octanol–water partition coefficient (Wildman–Crippen LogP) is 4.16. The Morgan fingerprint density at radius 2 is 1.92 bits per heavy atom. The topological polar surface area (TPSA) is 60.7 Å². The lowest BCUT2D eigenvalue weighted by Crippen LogP contribution is -2.05. The average molecular weight is 361 g/mol. The maximum absolute atomic E-state index is 14.3. The Kier molecular flexibility index (Phi) is 5.06. The zero-order chi connectivity index (χ0) is 18.7. The molecule has 5 nitrogen and oxygen atoms in total. The summed E-state index contributed by atoms with van der Waals surface area (Å²) in [7, 11) is 1.53. The van der Waals surface area contributed by atoms with Crippen molar-refractivity contribution in [3.8, 4) is 17.2 Å². The second kappa shape index (κ2) is 7.43. The molecule has 136 valence electrons. The van der Waals surface area contributed by atoms with Crippen LogP contribution in [0.25, 0.3) is 16.6 Å². The van der Waals surface area contributed by atoms with Gasteiger partial charge < -0.3 is 19.1 Å². The van der Waals surface area contributed by atoms with Crippen LogP contribution in [0.15, 0.2) is 42.6 Å². The van der Waals surface area contributed by atoms with Gasteiger partial charge in [-0.2, -0.15) is 0 Å². The molecule has 0 atom stereocenters. The molecular weight excluding hydrogens is 344 g/mol. The summed E-state index contributed by atoms with van der Waals surface area (Å²) in [5.74, 6) is -2.62. The number of aromatic nitrogens is 1. The molecule has 7 heteroatoms. The zero-order valence-corrected chi connectivity index (χ0v) is 14.0. The third-order valence-corrected chi connectivity index (χ3v) is 3.94. The number of carboxylic acid groups (broad SMARTS) is 1. The molecule has 26 heavy (non-hydrogen) atoms. The first kappa shape index (κ1) is 17.7. The third-order valence-electron chi connectivity index (χ3n) is 3.94. The molecule has 0 saturated heterocycles. The number of benzene rings is 2. The minimum Gasteiger partial charge on any atom is -0.495 e. The average Bonchev–Trinajstić information content (AvgIpc) is 3.04. The molecular formula is C19H17F2NO4. The van der Waals surface area contributed by atoms with E-state index in [2.05, 4.69) is 0 Å². The van der Waals surface area contributed by atoms with Crippen molar-refractivity contribution in [2.24, 2.45) is 0 Å². The highest BCUT2D eigenvalue weighted by molar-refractivity contribution is 5.87. The zero-order valence-electron chi connectivity index (χ0n) is 14.0. The molecule has 3 rings (SSSR count). The van der Waals surface area contributed by atoms with Crippen LogP contribution in [0, 0.1) is 11.6 Å². The standard InChI is InChI=1S/C19H17F2NO4/c1-25-16-5-2-4-12-7-8-22(18(12)16)13-10-14(20)19(15(21)11-13)26-9-3-6-17(23)24/h2,4-5,7-8,10-11H,3,6,9H2,1H3,(H,23,24). The van der Waals surface area contributed by atoms with Gasteiger partial charge in [0.2, 0.25) is 0 Å². The monoisotopic (exact) mass is 361 g/mol. The Morgan fingerprint density at radius 1 is 1.19 bits per heavy atom. The van der Waals surface area contributed by atoms with E-state index in [0.29, 0.717) is 11.3 Å². The van der Waals surface area contributed by atoms with Crippen LogP contribution >= 0.6 is 0 Å². The fourth-order valence-corrected chi connectivity index (χ4v) is 2.76. The Morgan fingerprint density at radius 3 is 2.58 bits per heavy atom. The van der Waals surface area contributed by atoms with Crippen LogP contribution in [0.3, 0.4) is 0 Å². The number of rotatable bonds is 7. The Balaban J connectivity index is 1.92. The van der Waals surface area contributed by atoms with E-state index in [4.69, 9.17) is 14.6 Å². The van der Waals surface area contributed by atoms with Crippen LogP contribution in [-0.4, -0.2) is 29.4 Å². The van der Waals surface area contributed by atoms with E-state index >= 15 is 0 Å². The van der Waals surface area contributed by atoms with Crippen LogP contribution in [0.1, 0.15) is 12.8 Å². The number of methoxy groups -OCH3 is 1. The van der Waals surface area contributed by atoms with Gasteiger partial charge in [0.05, 0.1) is 24.9 Å². The van der Waals surface area contributed by atoms with Crippen molar-refractivity contribution in [2.45, 2.75) is 12.8 Å². The van der Waals surface area contributed by atoms with Crippen LogP contribution in [0.5, 0.6) is 11.5 Å². The van der Waals surface area contributed by atoms with Crippen molar-refractivity contribution in [2.75, 3.05) is 13.7 Å². The molecule has 0 aliphatic heterocycles. The van der Waals surface area contributed by atoms with Crippen molar-refractivity contribution >= 4 is 16.9 Å². The molecule has 2 aromatic carbocycles. The van der Waals surface area contributed by atoms with E-state index in [9.17, 15) is 13.6 Å². The molecule has 1 N–H and O–H groups in total. The highest BCUT2D eigenvalue weighted by atomic mass is 19.1. The van der Waals surface area contributed by atoms with E-state index in [1.165, 1.54) is 19.2 Å². The number of carbonyl (C=O) groups is 1. The molecule has 0 bridgehead atoms. The molecule has 0 aliphatic carbocycles. The second-order valence-corrected chi connectivity index (χ2v) is 5.67. The molecule has 0 spiro atoms. The first-order valence-corrected chi connectivity index (χ1v) is 7.99. The number of ether oxygens (including phenoxy) is 2. The number of hydrogen-bond donors (Lipinski definition) is 1. The van der Waals surface area contributed by atoms with Gasteiger partial charge in [-0.15, -0.1) is 0 Å². The summed E-state index contributed by atoms with van der Waals surface area (Å²) in [5, 5.41) is 9.45. The predicted molar refractivity (Wildman–Crippen MR) is 92.1 cm³/mol. The van der Waals surface area contributed by atoms with Gasteiger partial charge in [-0.3, -0.25) is 4.79 Å². The largest absolute Gasteiger partial charge is 0.495 e. The number of carboxylic acids is 1. The van der Waals surface area contributed by atoms with Crippen molar-refractivity contribution in [3.05, 3.63) is 54.2 Å². The van der Waals surface area contributed by atoms with Gasteiger partial charge in [0.25, 0.3) is 0 Å². The van der Waals surface area contributed by atoms with Gasteiger partial charge in [0, 0.05) is 30.1 Å². The summed E-state index contributed by atoms with van der Waals surface area (Å²) in [5.41, 5.74) is 0.987. The second-order valence-electron chi connectivity index (χ2n) is 5.67. The highest BCUT2D eigenvalue weighted by Crippen LogP contribution is 2.31. The summed E-state index contributed by atoms with van der Waals surface area (Å²) in [4.78, 5) is 10.5. The van der Waals surface area contributed by atoms with E-state index in [-0.39, 0.29) is 25.1 Å². The lowest BCUT2D eigenvalue weighted by molar-refractivity contribution is -0.137. The molecule has 3 aromatic rings. The SMILES string of the molecule is COc1cccc2ccn(-c3cc(F)c(OCCCC(=O)O)c(F)c3)c12. The van der Waals surface area contributed by atoms with Crippen molar-refractivity contribution in [1.29, 1.82) is 0 Å². The van der Waals surface area contributed by atoms with Crippen LogP contribution < -0.4 is 9.47 Å². The van der Waals surface area contributed by atoms with Gasteiger partial charge in [0.15, 0.2) is 17.4 Å². The first-order chi connectivity index (χ1) is 12.5. The minimum atomic E-state index is -0.988. The molecule has 0 unspecified atom stereocenters. The lowest BCUT2D eigenvalue weighted by atomic mass is 10.2. The highest BCUT2D eigenvalue weighted by Gasteiger charge is 2.16. The van der Waals surface area contributed by atoms with Crippen molar-refractivity contribution in [1.82, 2.24) is 4.57 Å². The molecule has 1 heterocycles. The summed E-state index contributed by atoms with van der Waals surface area (Å²) in [6.45, 7) is -0.0836. The number of fused-ring (bicyclic) bond motifs is 1. The number of halogens is 2. The van der Waals surface area contributed by atoms with E-state index in [1.807, 2.05) is 18.2 Å². The quantitative estimate of drug-likeness (QED) is 0.642. The van der Waals surface area contributed by atoms with E-state index < -0.39 is 23.4 Å². The third kappa shape index (κ3) is 3.46. The minimum absolute atomic E-state index is 0.0836. The summed E-state index contributed by atoms with van der Waals surface area (Å²) < 4.78 is 40.7. The summed E-state index contributed by atoms with van der Waals surface area (Å²) in [6.07, 6.45) is 1.74. The van der Waals surface area contributed by atoms with Crippen LogP contribution in [-0.2, 0) is 4.79 Å². The Hall–Kier alpha value is -3.09. The smallest absolute Gasteiger partial charge is 0.303 e. The number of para-hydroxylation sites is 1. The Labute approximate surface area is 148 Å². The molecule has 0 radical (unpaired) electrons. The van der Waals surface area contributed by atoms with Gasteiger partial charge >= 0.3 is 5.97 Å². The maximum Gasteiger partial charge on any atom is 0.303 e. The van der Waals surface area contributed by atoms with Gasteiger partial charge in [0.1, 0.15) is 5.75 Å². The van der Waals surface area contributed by atoms with Crippen LogP contribution in [0.2, 0.25) is 0 Å². The van der Waals surface area contributed by atoms with Crippen molar-refractivity contribution in [3.63, 3.8) is 0 Å². The van der Waals surface area contributed by atoms with E-state index in [0.717, 1.165) is 5.39 Å². The fourth-order valence-electron chi connectivity index (χ4n) is 2.76. The van der Waals surface area contributed by atoms with Gasteiger partial charge in [-0.05, 0) is 18.6 Å².